The lowest BCUT2D eigenvalue weighted by atomic mass is 9.56. The summed E-state index contributed by atoms with van der Waals surface area (Å²) in [6, 6.07) is 79.5. The second-order valence-corrected chi connectivity index (χ2v) is 19.5. The van der Waals surface area contributed by atoms with E-state index in [0.717, 1.165) is 101 Å². The Morgan fingerprint density at radius 2 is 0.886 bits per heavy atom. The van der Waals surface area contributed by atoms with E-state index >= 15 is 0 Å². The van der Waals surface area contributed by atoms with E-state index in [9.17, 15) is 5.11 Å². The van der Waals surface area contributed by atoms with Gasteiger partial charge < -0.3 is 5.11 Å². The number of nitrogens with zero attached hydrogens (tertiary/aromatic N) is 3. The third-order valence-electron chi connectivity index (χ3n) is 15.1. The molecule has 70 heavy (non-hydrogen) atoms. The van der Waals surface area contributed by atoms with Gasteiger partial charge in [-0.2, -0.15) is 0 Å². The van der Waals surface area contributed by atoms with Crippen LogP contribution in [0.15, 0.2) is 231 Å². The molecule has 9 aromatic carbocycles. The van der Waals surface area contributed by atoms with Crippen molar-refractivity contribution in [3.63, 3.8) is 0 Å². The van der Waals surface area contributed by atoms with E-state index in [1.165, 1.54) is 16.7 Å². The number of fused-ring (bicyclic) bond motifs is 4. The summed E-state index contributed by atoms with van der Waals surface area (Å²) < 4.78 is 2.30. The number of pyridine rings is 1. The van der Waals surface area contributed by atoms with Gasteiger partial charge in [0.2, 0.25) is 0 Å². The van der Waals surface area contributed by atoms with Crippen LogP contribution in [0.5, 0.6) is 5.75 Å². The molecule has 0 aliphatic heterocycles. The first-order valence-electron chi connectivity index (χ1n) is 24.1. The molecule has 2 aromatic heterocycles. The molecule has 0 spiro atoms. The fourth-order valence-electron chi connectivity index (χ4n) is 10.9. The van der Waals surface area contributed by atoms with Gasteiger partial charge in [0.15, 0.2) is 0 Å². The van der Waals surface area contributed by atoms with Crippen LogP contribution in [0.3, 0.4) is 0 Å². The van der Waals surface area contributed by atoms with E-state index in [2.05, 4.69) is 251 Å². The van der Waals surface area contributed by atoms with Crippen LogP contribution in [0.1, 0.15) is 38.8 Å². The summed E-state index contributed by atoms with van der Waals surface area (Å²) in [4.78, 5) is 11.2. The van der Waals surface area contributed by atoms with Gasteiger partial charge in [0.25, 0.3) is 0 Å². The average Bonchev–Trinajstić information content (AvgIpc) is 3.85. The second-order valence-electron chi connectivity index (χ2n) is 19.5. The molecule has 0 radical (unpaired) electrons. The van der Waals surface area contributed by atoms with E-state index < -0.39 is 0 Å². The van der Waals surface area contributed by atoms with E-state index in [1.807, 2.05) is 6.07 Å². The highest BCUT2D eigenvalue weighted by molar-refractivity contribution is 6.03. The number of benzene rings is 9. The van der Waals surface area contributed by atoms with E-state index in [0.29, 0.717) is 0 Å². The van der Waals surface area contributed by atoms with Crippen molar-refractivity contribution in [2.45, 2.75) is 38.5 Å². The Labute approximate surface area is 409 Å². The Morgan fingerprint density at radius 3 is 1.47 bits per heavy atom. The largest absolute Gasteiger partial charge is 0.507 e. The molecule has 0 saturated heterocycles. The van der Waals surface area contributed by atoms with Crippen molar-refractivity contribution in [1.29, 1.82) is 0 Å². The van der Waals surface area contributed by atoms with Crippen molar-refractivity contribution in [1.82, 2.24) is 14.5 Å². The lowest BCUT2D eigenvalue weighted by molar-refractivity contribution is 0.296. The molecule has 0 saturated carbocycles. The number of hydrogen-bond donors (Lipinski definition) is 1. The summed E-state index contributed by atoms with van der Waals surface area (Å²) in [5.74, 6) is 1.03. The quantitative estimate of drug-likeness (QED) is 0.165. The van der Waals surface area contributed by atoms with Crippen molar-refractivity contribution in [3.05, 3.63) is 242 Å². The predicted molar refractivity (Wildman–Crippen MR) is 290 cm³/mol. The van der Waals surface area contributed by atoms with Crippen molar-refractivity contribution < 1.29 is 5.11 Å². The second kappa shape index (κ2) is 16.9. The van der Waals surface area contributed by atoms with Crippen LogP contribution in [0, 0.1) is 0 Å². The maximum Gasteiger partial charge on any atom is 0.145 e. The fraction of sp³-hybridized carbons (Fsp3) is 0.0909. The molecular formula is C66H51N3O. The van der Waals surface area contributed by atoms with Crippen LogP contribution in [0.25, 0.3) is 106 Å². The van der Waals surface area contributed by atoms with E-state index in [1.54, 1.807) is 6.07 Å². The van der Waals surface area contributed by atoms with Crippen LogP contribution in [0.4, 0.5) is 0 Å². The first kappa shape index (κ1) is 42.7. The molecule has 0 atom stereocenters. The smallest absolute Gasteiger partial charge is 0.145 e. The molecule has 1 aliphatic carbocycles. The third-order valence-corrected chi connectivity index (χ3v) is 15.1. The summed E-state index contributed by atoms with van der Waals surface area (Å²) in [5, 5.41) is 13.8. The molecular weight excluding hydrogens is 851 g/mol. The number of rotatable bonds is 8. The Balaban J connectivity index is 1.15. The summed E-state index contributed by atoms with van der Waals surface area (Å²) >= 11 is 0. The molecule has 4 nitrogen and oxygen atoms in total. The highest BCUT2D eigenvalue weighted by atomic mass is 16.3. The number of hydrogen-bond acceptors (Lipinski definition) is 3. The van der Waals surface area contributed by atoms with Gasteiger partial charge in [0, 0.05) is 33.9 Å². The lowest BCUT2D eigenvalue weighted by Gasteiger charge is -2.47. The van der Waals surface area contributed by atoms with Gasteiger partial charge >= 0.3 is 0 Å². The average molecular weight is 902 g/mol. The topological polar surface area (TPSA) is 50.9 Å². The lowest BCUT2D eigenvalue weighted by Crippen LogP contribution is -2.43. The Hall–Kier alpha value is -8.60. The number of phenolic OH excluding ortho intramolecular Hbond substituents is 1. The van der Waals surface area contributed by atoms with Crippen molar-refractivity contribution >= 4 is 10.8 Å². The van der Waals surface area contributed by atoms with Gasteiger partial charge in [-0.15, -0.1) is 0 Å². The van der Waals surface area contributed by atoms with Crippen LogP contribution in [0.2, 0.25) is 0 Å². The third kappa shape index (κ3) is 6.98. The minimum Gasteiger partial charge on any atom is -0.507 e. The van der Waals surface area contributed by atoms with Gasteiger partial charge in [-0.25, -0.2) is 9.97 Å². The van der Waals surface area contributed by atoms with Crippen molar-refractivity contribution in [2.75, 3.05) is 0 Å². The number of aromatic nitrogens is 3. The molecule has 4 heteroatoms. The molecule has 0 bridgehead atoms. The Kier molecular flexibility index (Phi) is 10.3. The Bertz CT molecular complexity index is 3640. The number of aromatic hydroxyl groups is 1. The minimum absolute atomic E-state index is 0.235. The zero-order valence-electron chi connectivity index (χ0n) is 39.7. The predicted octanol–water partition coefficient (Wildman–Crippen LogP) is 17.0. The van der Waals surface area contributed by atoms with Crippen LogP contribution in [-0.4, -0.2) is 19.6 Å². The van der Waals surface area contributed by atoms with Gasteiger partial charge in [-0.05, 0) is 90.0 Å². The normalized spacial score (nSPS) is 13.4. The van der Waals surface area contributed by atoms with E-state index in [4.69, 9.17) is 9.97 Å². The Morgan fingerprint density at radius 1 is 0.386 bits per heavy atom. The maximum atomic E-state index is 11.6. The highest BCUT2D eigenvalue weighted by Gasteiger charge is 2.47. The SMILES string of the molecule is CC1(C)c2ccc(-c3cn(-c4c(-c5ccccc5)cccc4-c4ccccc4)c(-c4cccc5ccc(-c6c(-c7ccccc7)cccc6-c6ccccc6)cc45)n3)nc2-c2c(O)cccc2C1(C)C. The molecule has 0 unspecified atom stereocenters. The van der Waals surface area contributed by atoms with Gasteiger partial charge in [0.05, 0.1) is 17.1 Å². The zero-order chi connectivity index (χ0) is 47.6. The molecule has 0 fully saturated rings. The van der Waals surface area contributed by atoms with Gasteiger partial charge in [-0.3, -0.25) is 4.57 Å². The summed E-state index contributed by atoms with van der Waals surface area (Å²) in [6.07, 6.45) is 2.17. The summed E-state index contributed by atoms with van der Waals surface area (Å²) in [7, 11) is 0. The van der Waals surface area contributed by atoms with Crippen LogP contribution >= 0.6 is 0 Å². The highest BCUT2D eigenvalue weighted by Crippen LogP contribution is 2.56. The van der Waals surface area contributed by atoms with Gasteiger partial charge in [-0.1, -0.05) is 234 Å². The fourth-order valence-corrected chi connectivity index (χ4v) is 10.9. The standard InChI is InChI=1S/C66H51N3O/c1-65(2)55-35-20-36-59(70)61(55)62-56(66(65,3)4)39-40-57(67-62)58-42-69(63-51(45-25-13-7-14-26-45)32-19-33-52(63)46-27-15-8-16-28-46)64(68-58)53-34-17-29-47-37-38-48(41-54(47)53)60-49(43-21-9-5-10-22-43)30-18-31-50(60)44-23-11-6-12-24-44/h5-42,70H,1-4H3. The van der Waals surface area contributed by atoms with Gasteiger partial charge in [0.1, 0.15) is 17.3 Å². The maximum absolute atomic E-state index is 11.6. The first-order valence-corrected chi connectivity index (χ1v) is 24.1. The number of imidazole rings is 1. The molecule has 12 rings (SSSR count). The molecule has 0 amide bonds. The molecule has 11 aromatic rings. The number of phenols is 1. The summed E-state index contributed by atoms with van der Waals surface area (Å²) in [6.45, 7) is 9.11. The minimum atomic E-state index is -0.279. The molecule has 336 valence electrons. The summed E-state index contributed by atoms with van der Waals surface area (Å²) in [5.41, 5.74) is 18.0. The monoisotopic (exact) mass is 901 g/mol. The first-order chi connectivity index (χ1) is 34.2. The van der Waals surface area contributed by atoms with E-state index in [-0.39, 0.29) is 16.6 Å². The van der Waals surface area contributed by atoms with Crippen molar-refractivity contribution in [3.8, 4) is 101 Å². The van der Waals surface area contributed by atoms with Crippen LogP contribution in [-0.2, 0) is 10.8 Å². The van der Waals surface area contributed by atoms with Crippen LogP contribution < -0.4 is 0 Å². The number of para-hydroxylation sites is 1. The zero-order valence-corrected chi connectivity index (χ0v) is 39.7. The molecule has 1 N–H and O–H groups in total. The molecule has 1 aliphatic rings. The van der Waals surface area contributed by atoms with Crippen molar-refractivity contribution in [2.24, 2.45) is 0 Å². The molecule has 2 heterocycles.